The van der Waals surface area contributed by atoms with Crippen LogP contribution in [0.2, 0.25) is 0 Å². The van der Waals surface area contributed by atoms with E-state index in [1.54, 1.807) is 0 Å². The van der Waals surface area contributed by atoms with E-state index in [1.165, 1.54) is 5.56 Å². The van der Waals surface area contributed by atoms with Gasteiger partial charge in [0.05, 0.1) is 6.10 Å². The van der Waals surface area contributed by atoms with E-state index in [2.05, 4.69) is 24.1 Å². The van der Waals surface area contributed by atoms with E-state index in [0.29, 0.717) is 0 Å². The molecule has 1 saturated heterocycles. The highest BCUT2D eigenvalue weighted by atomic mass is 16.3. The van der Waals surface area contributed by atoms with E-state index in [4.69, 9.17) is 0 Å². The summed E-state index contributed by atoms with van der Waals surface area (Å²) in [5, 5.41) is 9.91. The third-order valence-electron chi connectivity index (χ3n) is 3.01. The molecule has 1 aliphatic heterocycles. The van der Waals surface area contributed by atoms with Gasteiger partial charge in [-0.3, -0.25) is 0 Å². The van der Waals surface area contributed by atoms with Gasteiger partial charge in [-0.1, -0.05) is 30.3 Å². The predicted molar refractivity (Wildman–Crippen MR) is 57.3 cm³/mol. The fraction of sp³-hybridized carbons (Fsp3) is 0.500. The zero-order chi connectivity index (χ0) is 9.97. The summed E-state index contributed by atoms with van der Waals surface area (Å²) in [6.07, 6.45) is 0.712. The lowest BCUT2D eigenvalue weighted by atomic mass is 9.88. The molecule has 1 heterocycles. The van der Waals surface area contributed by atoms with Crippen LogP contribution >= 0.6 is 0 Å². The van der Waals surface area contributed by atoms with Gasteiger partial charge >= 0.3 is 0 Å². The number of piperidine rings is 1. The monoisotopic (exact) mass is 191 g/mol. The second-order valence-electron chi connectivity index (χ2n) is 4.14. The van der Waals surface area contributed by atoms with Gasteiger partial charge in [-0.05, 0) is 19.0 Å². The molecule has 0 saturated carbocycles. The minimum atomic E-state index is -0.173. The van der Waals surface area contributed by atoms with Crippen LogP contribution in [0, 0.1) is 0 Å². The summed E-state index contributed by atoms with van der Waals surface area (Å²) < 4.78 is 0. The Hall–Kier alpha value is -0.860. The minimum Gasteiger partial charge on any atom is -0.392 e. The number of likely N-dealkylation sites (tertiary alicyclic amines) is 1. The van der Waals surface area contributed by atoms with E-state index in [1.807, 2.05) is 18.2 Å². The smallest absolute Gasteiger partial charge is 0.0633 e. The molecule has 1 aromatic carbocycles. The summed E-state index contributed by atoms with van der Waals surface area (Å²) in [7, 11) is 2.11. The van der Waals surface area contributed by atoms with Crippen LogP contribution < -0.4 is 0 Å². The van der Waals surface area contributed by atoms with Gasteiger partial charge in [-0.2, -0.15) is 0 Å². The maximum absolute atomic E-state index is 9.91. The molecule has 0 aromatic heterocycles. The van der Waals surface area contributed by atoms with Crippen molar-refractivity contribution in [3.05, 3.63) is 35.9 Å². The van der Waals surface area contributed by atoms with Gasteiger partial charge in [0.15, 0.2) is 0 Å². The third kappa shape index (κ3) is 1.97. The Morgan fingerprint density at radius 2 is 2.00 bits per heavy atom. The summed E-state index contributed by atoms with van der Waals surface area (Å²) >= 11 is 0. The van der Waals surface area contributed by atoms with Crippen LogP contribution in [0.3, 0.4) is 0 Å². The Balaban J connectivity index is 2.16. The van der Waals surface area contributed by atoms with Crippen molar-refractivity contribution in [2.24, 2.45) is 0 Å². The lowest BCUT2D eigenvalue weighted by Crippen LogP contribution is -2.39. The second-order valence-corrected chi connectivity index (χ2v) is 4.14. The van der Waals surface area contributed by atoms with Gasteiger partial charge < -0.3 is 10.0 Å². The summed E-state index contributed by atoms with van der Waals surface area (Å²) in [6.45, 7) is 1.97. The minimum absolute atomic E-state index is 0.173. The first-order valence-electron chi connectivity index (χ1n) is 5.19. The lowest BCUT2D eigenvalue weighted by Gasteiger charge is -2.34. The van der Waals surface area contributed by atoms with Crippen LogP contribution in [0.1, 0.15) is 17.9 Å². The first-order chi connectivity index (χ1) is 6.77. The highest BCUT2D eigenvalue weighted by Gasteiger charge is 2.26. The number of benzene rings is 1. The Bertz CT molecular complexity index is 286. The molecule has 0 amide bonds. The van der Waals surface area contributed by atoms with E-state index in [0.717, 1.165) is 19.5 Å². The molecule has 2 heteroatoms. The van der Waals surface area contributed by atoms with E-state index in [9.17, 15) is 5.11 Å². The number of rotatable bonds is 1. The second kappa shape index (κ2) is 4.11. The predicted octanol–water partition coefficient (Wildman–Crippen LogP) is 1.47. The molecular formula is C12H17NO. The fourth-order valence-corrected chi connectivity index (χ4v) is 2.13. The Labute approximate surface area is 85.2 Å². The molecule has 2 rings (SSSR count). The molecule has 1 aromatic rings. The first-order valence-corrected chi connectivity index (χ1v) is 5.19. The number of likely N-dealkylation sites (N-methyl/N-ethyl adjacent to an activating group) is 1. The van der Waals surface area contributed by atoms with E-state index < -0.39 is 0 Å². The van der Waals surface area contributed by atoms with Crippen LogP contribution in [0.4, 0.5) is 0 Å². The van der Waals surface area contributed by atoms with Crippen LogP contribution in [0.15, 0.2) is 30.3 Å². The number of hydrogen-bond acceptors (Lipinski definition) is 2. The SMILES string of the molecule is CN1CC[C@H](O)[C@@H](c2ccccc2)C1. The molecule has 0 radical (unpaired) electrons. The number of nitrogens with zero attached hydrogens (tertiary/aromatic N) is 1. The molecule has 0 spiro atoms. The highest BCUT2D eigenvalue weighted by Crippen LogP contribution is 2.26. The van der Waals surface area contributed by atoms with Crippen molar-refractivity contribution in [2.75, 3.05) is 20.1 Å². The molecule has 0 bridgehead atoms. The van der Waals surface area contributed by atoms with Gasteiger partial charge in [0.25, 0.3) is 0 Å². The molecule has 1 N–H and O–H groups in total. The lowest BCUT2D eigenvalue weighted by molar-refractivity contribution is 0.0709. The fourth-order valence-electron chi connectivity index (χ4n) is 2.13. The molecule has 1 aliphatic rings. The highest BCUT2D eigenvalue weighted by molar-refractivity contribution is 5.21. The van der Waals surface area contributed by atoms with Crippen molar-refractivity contribution >= 4 is 0 Å². The van der Waals surface area contributed by atoms with Gasteiger partial charge in [-0.15, -0.1) is 0 Å². The number of hydrogen-bond donors (Lipinski definition) is 1. The maximum atomic E-state index is 9.91. The van der Waals surface area contributed by atoms with Gasteiger partial charge in [0.2, 0.25) is 0 Å². The summed E-state index contributed by atoms with van der Waals surface area (Å²) in [4.78, 5) is 2.28. The summed E-state index contributed by atoms with van der Waals surface area (Å²) in [5.41, 5.74) is 1.26. The normalized spacial score (nSPS) is 29.0. The van der Waals surface area contributed by atoms with Crippen molar-refractivity contribution in [1.82, 2.24) is 4.90 Å². The van der Waals surface area contributed by atoms with Crippen LogP contribution in [-0.4, -0.2) is 36.2 Å². The third-order valence-corrected chi connectivity index (χ3v) is 3.01. The van der Waals surface area contributed by atoms with Crippen molar-refractivity contribution in [3.8, 4) is 0 Å². The molecule has 2 atom stereocenters. The summed E-state index contributed by atoms with van der Waals surface area (Å²) in [6, 6.07) is 10.3. The first kappa shape index (κ1) is 9.69. The Morgan fingerprint density at radius 3 is 2.71 bits per heavy atom. The standard InChI is InChI=1S/C12H17NO/c1-13-8-7-12(14)11(9-13)10-5-3-2-4-6-10/h2-6,11-12,14H,7-9H2,1H3/t11-,12+/m1/s1. The Morgan fingerprint density at radius 1 is 1.29 bits per heavy atom. The topological polar surface area (TPSA) is 23.5 Å². The van der Waals surface area contributed by atoms with Gasteiger partial charge in [0.1, 0.15) is 0 Å². The molecule has 0 unspecified atom stereocenters. The van der Waals surface area contributed by atoms with Crippen molar-refractivity contribution in [2.45, 2.75) is 18.4 Å². The van der Waals surface area contributed by atoms with E-state index >= 15 is 0 Å². The molecule has 14 heavy (non-hydrogen) atoms. The number of aliphatic hydroxyl groups is 1. The zero-order valence-electron chi connectivity index (χ0n) is 8.56. The van der Waals surface area contributed by atoms with Crippen molar-refractivity contribution in [3.63, 3.8) is 0 Å². The average Bonchev–Trinajstić information content (AvgIpc) is 2.23. The molecular weight excluding hydrogens is 174 g/mol. The molecule has 76 valence electrons. The average molecular weight is 191 g/mol. The summed E-state index contributed by atoms with van der Waals surface area (Å²) in [5.74, 6) is 0.287. The van der Waals surface area contributed by atoms with E-state index in [-0.39, 0.29) is 12.0 Å². The molecule has 1 fully saturated rings. The van der Waals surface area contributed by atoms with Crippen LogP contribution in [0.5, 0.6) is 0 Å². The van der Waals surface area contributed by atoms with Crippen LogP contribution in [0.25, 0.3) is 0 Å². The Kier molecular flexibility index (Phi) is 2.85. The molecule has 0 aliphatic carbocycles. The maximum Gasteiger partial charge on any atom is 0.0633 e. The van der Waals surface area contributed by atoms with Crippen LogP contribution in [-0.2, 0) is 0 Å². The van der Waals surface area contributed by atoms with Gasteiger partial charge in [-0.25, -0.2) is 0 Å². The van der Waals surface area contributed by atoms with Gasteiger partial charge in [0, 0.05) is 19.0 Å². The largest absolute Gasteiger partial charge is 0.392 e. The molecule has 2 nitrogen and oxygen atoms in total. The zero-order valence-corrected chi connectivity index (χ0v) is 8.56. The number of aliphatic hydroxyl groups excluding tert-OH is 1. The van der Waals surface area contributed by atoms with Crippen molar-refractivity contribution < 1.29 is 5.11 Å². The van der Waals surface area contributed by atoms with Crippen molar-refractivity contribution in [1.29, 1.82) is 0 Å². The quantitative estimate of drug-likeness (QED) is 0.726.